The number of hydrogen-bond donors (Lipinski definition) is 2. The topological polar surface area (TPSA) is 60.0 Å². The summed E-state index contributed by atoms with van der Waals surface area (Å²) in [6, 6.07) is 0.312. The van der Waals surface area contributed by atoms with E-state index < -0.39 is 0 Å². The van der Waals surface area contributed by atoms with Crippen molar-refractivity contribution in [3.63, 3.8) is 0 Å². The van der Waals surface area contributed by atoms with Crippen molar-refractivity contribution in [2.75, 3.05) is 46.3 Å². The van der Waals surface area contributed by atoms with Crippen molar-refractivity contribution in [3.8, 4) is 0 Å². The summed E-state index contributed by atoms with van der Waals surface area (Å²) < 4.78 is 0. The molecule has 1 aliphatic rings. The Labute approximate surface area is 141 Å². The van der Waals surface area contributed by atoms with Crippen LogP contribution in [0.25, 0.3) is 0 Å². The molecular weight excluding hydrogens is 290 g/mol. The number of hydrogen-bond acceptors (Lipinski definition) is 3. The van der Waals surface area contributed by atoms with Crippen molar-refractivity contribution in [1.29, 1.82) is 0 Å². The van der Waals surface area contributed by atoms with E-state index in [-0.39, 0.29) is 5.91 Å². The molecule has 0 aromatic heterocycles. The Hall–Kier alpha value is -1.30. The first-order chi connectivity index (χ1) is 11.1. The first-order valence-corrected chi connectivity index (χ1v) is 9.11. The molecule has 1 unspecified atom stereocenters. The van der Waals surface area contributed by atoms with Gasteiger partial charge in [0.1, 0.15) is 0 Å². The quantitative estimate of drug-likeness (QED) is 0.381. The second kappa shape index (κ2) is 11.3. The molecule has 0 saturated carbocycles. The minimum absolute atomic E-state index is 0.244. The summed E-state index contributed by atoms with van der Waals surface area (Å²) in [7, 11) is 1.80. The van der Waals surface area contributed by atoms with Crippen LogP contribution in [-0.4, -0.2) is 74.0 Å². The normalized spacial score (nSPS) is 18.6. The van der Waals surface area contributed by atoms with Gasteiger partial charge in [-0.05, 0) is 38.9 Å². The third-order valence-corrected chi connectivity index (χ3v) is 4.50. The van der Waals surface area contributed by atoms with E-state index in [0.29, 0.717) is 12.5 Å². The lowest BCUT2D eigenvalue weighted by atomic mass is 10.2. The lowest BCUT2D eigenvalue weighted by molar-refractivity contribution is -0.129. The van der Waals surface area contributed by atoms with E-state index in [0.717, 1.165) is 58.1 Å². The summed E-state index contributed by atoms with van der Waals surface area (Å²) in [5, 5.41) is 6.81. The average molecular weight is 326 g/mol. The Morgan fingerprint density at radius 3 is 2.61 bits per heavy atom. The largest absolute Gasteiger partial charge is 0.356 e. The van der Waals surface area contributed by atoms with Crippen LogP contribution in [0.1, 0.15) is 46.5 Å². The maximum atomic E-state index is 11.7. The van der Waals surface area contributed by atoms with Crippen molar-refractivity contribution in [2.45, 2.75) is 52.5 Å². The number of unbranched alkanes of at least 4 members (excludes halogenated alkanes) is 1. The van der Waals surface area contributed by atoms with Gasteiger partial charge >= 0.3 is 0 Å². The Bertz CT molecular complexity index is 368. The molecular formula is C17H35N5O. The first kappa shape index (κ1) is 19.7. The zero-order valence-electron chi connectivity index (χ0n) is 15.4. The Kier molecular flexibility index (Phi) is 9.67. The zero-order chi connectivity index (χ0) is 17.1. The minimum Gasteiger partial charge on any atom is -0.356 e. The monoisotopic (exact) mass is 325 g/mol. The lowest BCUT2D eigenvalue weighted by Gasteiger charge is -2.19. The Morgan fingerprint density at radius 2 is 2.00 bits per heavy atom. The van der Waals surface area contributed by atoms with Crippen LogP contribution >= 0.6 is 0 Å². The number of nitrogens with zero attached hydrogens (tertiary/aromatic N) is 3. The minimum atomic E-state index is 0.244. The third kappa shape index (κ3) is 7.20. The van der Waals surface area contributed by atoms with E-state index in [1.54, 1.807) is 7.05 Å². The Balaban J connectivity index is 2.19. The fourth-order valence-electron chi connectivity index (χ4n) is 2.92. The molecule has 134 valence electrons. The van der Waals surface area contributed by atoms with Crippen LogP contribution in [-0.2, 0) is 4.79 Å². The summed E-state index contributed by atoms with van der Waals surface area (Å²) in [5.41, 5.74) is 0. The van der Waals surface area contributed by atoms with E-state index in [9.17, 15) is 4.79 Å². The van der Waals surface area contributed by atoms with Gasteiger partial charge in [-0.15, -0.1) is 0 Å². The standard InChI is InChI=1S/C17H35N5O/c1-5-16(23)22-13-10-15(14-22)20-17(18-4)19-11-8-9-12-21(6-2)7-3/h15H,5-14H2,1-4H3,(H2,18,19,20). The van der Waals surface area contributed by atoms with Gasteiger partial charge in [-0.2, -0.15) is 0 Å². The summed E-state index contributed by atoms with van der Waals surface area (Å²) in [5.74, 6) is 1.09. The van der Waals surface area contributed by atoms with Crippen molar-refractivity contribution in [1.82, 2.24) is 20.4 Å². The molecule has 1 saturated heterocycles. The van der Waals surface area contributed by atoms with E-state index in [4.69, 9.17) is 0 Å². The molecule has 2 N–H and O–H groups in total. The van der Waals surface area contributed by atoms with Gasteiger partial charge in [0.2, 0.25) is 5.91 Å². The fraction of sp³-hybridized carbons (Fsp3) is 0.882. The van der Waals surface area contributed by atoms with Gasteiger partial charge in [-0.3, -0.25) is 9.79 Å². The summed E-state index contributed by atoms with van der Waals surface area (Å²) >= 11 is 0. The second-order valence-electron chi connectivity index (χ2n) is 6.06. The molecule has 0 aromatic carbocycles. The molecule has 23 heavy (non-hydrogen) atoms. The molecule has 1 rings (SSSR count). The number of guanidine groups is 1. The molecule has 1 amide bonds. The number of aliphatic imine (C=N–C) groups is 1. The van der Waals surface area contributed by atoms with Gasteiger partial charge in [0.05, 0.1) is 0 Å². The Morgan fingerprint density at radius 1 is 1.26 bits per heavy atom. The van der Waals surface area contributed by atoms with E-state index in [1.165, 1.54) is 6.42 Å². The maximum absolute atomic E-state index is 11.7. The van der Waals surface area contributed by atoms with Crippen molar-refractivity contribution < 1.29 is 4.79 Å². The van der Waals surface area contributed by atoms with Crippen LogP contribution in [0.3, 0.4) is 0 Å². The first-order valence-electron chi connectivity index (χ1n) is 9.11. The average Bonchev–Trinajstić information content (AvgIpc) is 3.04. The van der Waals surface area contributed by atoms with Crippen LogP contribution in [0.2, 0.25) is 0 Å². The van der Waals surface area contributed by atoms with Gasteiger partial charge < -0.3 is 20.4 Å². The molecule has 6 heteroatoms. The highest BCUT2D eigenvalue weighted by Crippen LogP contribution is 2.10. The highest BCUT2D eigenvalue weighted by atomic mass is 16.2. The smallest absolute Gasteiger partial charge is 0.222 e. The van der Waals surface area contributed by atoms with Crippen LogP contribution in [0.15, 0.2) is 4.99 Å². The molecule has 0 aliphatic carbocycles. The summed E-state index contributed by atoms with van der Waals surface area (Å²) in [6.07, 6.45) is 3.93. The molecule has 1 fully saturated rings. The fourth-order valence-corrected chi connectivity index (χ4v) is 2.92. The number of likely N-dealkylation sites (tertiary alicyclic amines) is 1. The highest BCUT2D eigenvalue weighted by Gasteiger charge is 2.25. The molecule has 1 aliphatic heterocycles. The molecule has 0 bridgehead atoms. The third-order valence-electron chi connectivity index (χ3n) is 4.50. The van der Waals surface area contributed by atoms with E-state index >= 15 is 0 Å². The van der Waals surface area contributed by atoms with Gasteiger partial charge in [-0.25, -0.2) is 0 Å². The van der Waals surface area contributed by atoms with Gasteiger partial charge in [-0.1, -0.05) is 20.8 Å². The zero-order valence-corrected chi connectivity index (χ0v) is 15.4. The van der Waals surface area contributed by atoms with Crippen LogP contribution < -0.4 is 10.6 Å². The molecule has 1 atom stereocenters. The van der Waals surface area contributed by atoms with Crippen molar-refractivity contribution >= 4 is 11.9 Å². The molecule has 6 nitrogen and oxygen atoms in total. The van der Waals surface area contributed by atoms with Crippen LogP contribution in [0, 0.1) is 0 Å². The number of rotatable bonds is 9. The highest BCUT2D eigenvalue weighted by molar-refractivity contribution is 5.80. The molecule has 0 aromatic rings. The SMILES string of the molecule is CCC(=O)N1CCC(NC(=NC)NCCCCN(CC)CC)C1. The van der Waals surface area contributed by atoms with Gasteiger partial charge in [0, 0.05) is 39.1 Å². The van der Waals surface area contributed by atoms with Crippen molar-refractivity contribution in [2.24, 2.45) is 4.99 Å². The van der Waals surface area contributed by atoms with Crippen LogP contribution in [0.5, 0.6) is 0 Å². The lowest BCUT2D eigenvalue weighted by Crippen LogP contribution is -2.45. The number of carbonyl (C=O) groups is 1. The predicted octanol–water partition coefficient (Wildman–Crippen LogP) is 1.28. The van der Waals surface area contributed by atoms with Crippen molar-refractivity contribution in [3.05, 3.63) is 0 Å². The van der Waals surface area contributed by atoms with Gasteiger partial charge in [0.15, 0.2) is 5.96 Å². The molecule has 0 radical (unpaired) electrons. The summed E-state index contributed by atoms with van der Waals surface area (Å²) in [6.45, 7) is 12.3. The predicted molar refractivity (Wildman–Crippen MR) is 96.8 cm³/mol. The van der Waals surface area contributed by atoms with Gasteiger partial charge in [0.25, 0.3) is 0 Å². The number of amides is 1. The number of nitrogens with one attached hydrogen (secondary N) is 2. The van der Waals surface area contributed by atoms with Crippen LogP contribution in [0.4, 0.5) is 0 Å². The maximum Gasteiger partial charge on any atom is 0.222 e. The van der Waals surface area contributed by atoms with E-state index in [1.807, 2.05) is 11.8 Å². The molecule has 0 spiro atoms. The second-order valence-corrected chi connectivity index (χ2v) is 6.06. The molecule has 1 heterocycles. The summed E-state index contributed by atoms with van der Waals surface area (Å²) in [4.78, 5) is 20.4. The number of carbonyl (C=O) groups excluding carboxylic acids is 1. The van der Waals surface area contributed by atoms with E-state index in [2.05, 4.69) is 34.4 Å².